The minimum atomic E-state index is 0.127. The van der Waals surface area contributed by atoms with Crippen molar-refractivity contribution in [1.29, 1.82) is 0 Å². The molecule has 0 saturated carbocycles. The highest BCUT2D eigenvalue weighted by Crippen LogP contribution is 2.28. The molecule has 1 aromatic rings. The van der Waals surface area contributed by atoms with Gasteiger partial charge >= 0.3 is 0 Å². The van der Waals surface area contributed by atoms with Gasteiger partial charge in [-0.2, -0.15) is 0 Å². The van der Waals surface area contributed by atoms with Crippen molar-refractivity contribution in [2.45, 2.75) is 25.5 Å². The third-order valence-electron chi connectivity index (χ3n) is 2.69. The third-order valence-corrected chi connectivity index (χ3v) is 3.43. The molecule has 0 aliphatic rings. The van der Waals surface area contributed by atoms with Crippen LogP contribution in [0.3, 0.4) is 0 Å². The number of ether oxygens (including phenoxy) is 1. The van der Waals surface area contributed by atoms with Crippen molar-refractivity contribution in [3.8, 4) is 0 Å². The number of hydrogen-bond donors (Lipinski definition) is 1. The molecule has 4 heteroatoms. The SMILES string of the molecule is CCC(OC)C(NC)c1ccc(Cl)c(Cl)c1. The van der Waals surface area contributed by atoms with Gasteiger partial charge in [-0.1, -0.05) is 36.2 Å². The summed E-state index contributed by atoms with van der Waals surface area (Å²) in [6, 6.07) is 5.79. The van der Waals surface area contributed by atoms with E-state index in [0.717, 1.165) is 12.0 Å². The van der Waals surface area contributed by atoms with Gasteiger partial charge in [-0.05, 0) is 31.2 Å². The number of benzene rings is 1. The maximum atomic E-state index is 6.01. The zero-order valence-corrected chi connectivity index (χ0v) is 11.3. The number of rotatable bonds is 5. The summed E-state index contributed by atoms with van der Waals surface area (Å²) >= 11 is 11.9. The molecule has 2 nitrogen and oxygen atoms in total. The Morgan fingerprint density at radius 2 is 2.00 bits per heavy atom. The Morgan fingerprint density at radius 1 is 1.31 bits per heavy atom. The Morgan fingerprint density at radius 3 is 2.44 bits per heavy atom. The fourth-order valence-electron chi connectivity index (χ4n) is 1.81. The molecule has 0 saturated heterocycles. The summed E-state index contributed by atoms with van der Waals surface area (Å²) in [4.78, 5) is 0. The highest BCUT2D eigenvalue weighted by Gasteiger charge is 2.20. The monoisotopic (exact) mass is 261 g/mol. The van der Waals surface area contributed by atoms with Crippen LogP contribution >= 0.6 is 23.2 Å². The molecule has 1 N–H and O–H groups in total. The molecule has 0 amide bonds. The lowest BCUT2D eigenvalue weighted by Gasteiger charge is -2.25. The Hall–Kier alpha value is -0.280. The van der Waals surface area contributed by atoms with Gasteiger partial charge in [0, 0.05) is 7.11 Å². The van der Waals surface area contributed by atoms with E-state index in [1.54, 1.807) is 7.11 Å². The lowest BCUT2D eigenvalue weighted by molar-refractivity contribution is 0.0676. The van der Waals surface area contributed by atoms with Crippen molar-refractivity contribution in [2.24, 2.45) is 0 Å². The van der Waals surface area contributed by atoms with Gasteiger partial charge < -0.3 is 10.1 Å². The Bertz CT molecular complexity index is 340. The summed E-state index contributed by atoms with van der Waals surface area (Å²) < 4.78 is 5.44. The number of nitrogens with one attached hydrogen (secondary N) is 1. The molecule has 0 spiro atoms. The van der Waals surface area contributed by atoms with E-state index < -0.39 is 0 Å². The van der Waals surface area contributed by atoms with Crippen LogP contribution < -0.4 is 5.32 Å². The topological polar surface area (TPSA) is 21.3 Å². The van der Waals surface area contributed by atoms with Crippen LogP contribution in [0.15, 0.2) is 18.2 Å². The molecule has 0 heterocycles. The zero-order valence-electron chi connectivity index (χ0n) is 9.76. The van der Waals surface area contributed by atoms with Crippen LogP contribution in [-0.2, 0) is 4.74 Å². The van der Waals surface area contributed by atoms with Crippen LogP contribution in [0.5, 0.6) is 0 Å². The largest absolute Gasteiger partial charge is 0.379 e. The van der Waals surface area contributed by atoms with E-state index in [9.17, 15) is 0 Å². The van der Waals surface area contributed by atoms with Crippen molar-refractivity contribution < 1.29 is 4.74 Å². The fourth-order valence-corrected chi connectivity index (χ4v) is 2.12. The molecule has 2 atom stereocenters. The highest BCUT2D eigenvalue weighted by molar-refractivity contribution is 6.42. The molecular weight excluding hydrogens is 245 g/mol. The second-order valence-electron chi connectivity index (χ2n) is 3.62. The number of halogens is 2. The van der Waals surface area contributed by atoms with Crippen molar-refractivity contribution in [2.75, 3.05) is 14.2 Å². The number of hydrogen-bond acceptors (Lipinski definition) is 2. The van der Waals surface area contributed by atoms with Gasteiger partial charge in [0.05, 0.1) is 22.2 Å². The first-order valence-electron chi connectivity index (χ1n) is 5.29. The first kappa shape index (κ1) is 13.8. The lowest BCUT2D eigenvalue weighted by Crippen LogP contribution is -2.30. The minimum Gasteiger partial charge on any atom is -0.379 e. The molecule has 0 aliphatic carbocycles. The van der Waals surface area contributed by atoms with Gasteiger partial charge in [0.15, 0.2) is 0 Å². The number of likely N-dealkylation sites (N-methyl/N-ethyl adjacent to an activating group) is 1. The van der Waals surface area contributed by atoms with E-state index in [2.05, 4.69) is 12.2 Å². The first-order valence-corrected chi connectivity index (χ1v) is 6.04. The van der Waals surface area contributed by atoms with Crippen LogP contribution in [0.4, 0.5) is 0 Å². The minimum absolute atomic E-state index is 0.127. The second kappa shape index (κ2) is 6.45. The maximum absolute atomic E-state index is 6.01. The zero-order chi connectivity index (χ0) is 12.1. The normalized spacial score (nSPS) is 14.8. The van der Waals surface area contributed by atoms with E-state index in [0.29, 0.717) is 10.0 Å². The standard InChI is InChI=1S/C12H17Cl2NO/c1-4-11(16-3)12(15-2)8-5-6-9(13)10(14)7-8/h5-7,11-12,15H,4H2,1-3H3. The summed E-state index contributed by atoms with van der Waals surface area (Å²) in [5.74, 6) is 0. The maximum Gasteiger partial charge on any atom is 0.0763 e. The van der Waals surface area contributed by atoms with Gasteiger partial charge in [-0.3, -0.25) is 0 Å². The highest BCUT2D eigenvalue weighted by atomic mass is 35.5. The molecule has 0 aromatic heterocycles. The predicted molar refractivity (Wildman–Crippen MR) is 69.4 cm³/mol. The molecule has 1 rings (SSSR count). The van der Waals surface area contributed by atoms with Gasteiger partial charge in [0.25, 0.3) is 0 Å². The predicted octanol–water partition coefficient (Wildman–Crippen LogP) is 3.68. The van der Waals surface area contributed by atoms with Crippen LogP contribution in [-0.4, -0.2) is 20.3 Å². The van der Waals surface area contributed by atoms with Crippen LogP contribution in [0, 0.1) is 0 Å². The molecule has 2 unspecified atom stereocenters. The summed E-state index contributed by atoms with van der Waals surface area (Å²) in [5.41, 5.74) is 1.09. The fraction of sp³-hybridized carbons (Fsp3) is 0.500. The quantitative estimate of drug-likeness (QED) is 0.874. The Labute approximate surface area is 107 Å². The van der Waals surface area contributed by atoms with E-state index in [1.165, 1.54) is 0 Å². The molecule has 1 aromatic carbocycles. The van der Waals surface area contributed by atoms with Crippen LogP contribution in [0.1, 0.15) is 24.9 Å². The van der Waals surface area contributed by atoms with Gasteiger partial charge in [-0.25, -0.2) is 0 Å². The summed E-state index contributed by atoms with van der Waals surface area (Å²) in [6.07, 6.45) is 1.06. The van der Waals surface area contributed by atoms with Crippen molar-refractivity contribution >= 4 is 23.2 Å². The van der Waals surface area contributed by atoms with E-state index in [1.807, 2.05) is 25.2 Å². The van der Waals surface area contributed by atoms with Crippen LogP contribution in [0.2, 0.25) is 10.0 Å². The van der Waals surface area contributed by atoms with E-state index in [4.69, 9.17) is 27.9 Å². The summed E-state index contributed by atoms with van der Waals surface area (Å²) in [5, 5.41) is 4.39. The molecule has 0 bridgehead atoms. The molecule has 90 valence electrons. The van der Waals surface area contributed by atoms with E-state index >= 15 is 0 Å². The molecule has 16 heavy (non-hydrogen) atoms. The van der Waals surface area contributed by atoms with Crippen molar-refractivity contribution in [3.63, 3.8) is 0 Å². The molecular formula is C12H17Cl2NO. The summed E-state index contributed by atoms with van der Waals surface area (Å²) in [6.45, 7) is 2.09. The number of methoxy groups -OCH3 is 1. The van der Waals surface area contributed by atoms with E-state index in [-0.39, 0.29) is 12.1 Å². The second-order valence-corrected chi connectivity index (χ2v) is 4.44. The molecule has 0 aliphatic heterocycles. The van der Waals surface area contributed by atoms with Gasteiger partial charge in [-0.15, -0.1) is 0 Å². The molecule has 0 radical (unpaired) electrons. The van der Waals surface area contributed by atoms with Crippen molar-refractivity contribution in [1.82, 2.24) is 5.32 Å². The Balaban J connectivity index is 2.98. The smallest absolute Gasteiger partial charge is 0.0763 e. The average Bonchev–Trinajstić information content (AvgIpc) is 2.29. The average molecular weight is 262 g/mol. The van der Waals surface area contributed by atoms with Crippen molar-refractivity contribution in [3.05, 3.63) is 33.8 Å². The van der Waals surface area contributed by atoms with Gasteiger partial charge in [0.1, 0.15) is 0 Å². The Kier molecular flexibility index (Phi) is 5.56. The first-order chi connectivity index (χ1) is 7.63. The van der Waals surface area contributed by atoms with Gasteiger partial charge in [0.2, 0.25) is 0 Å². The summed E-state index contributed by atoms with van der Waals surface area (Å²) in [7, 11) is 3.63. The van der Waals surface area contributed by atoms with Crippen LogP contribution in [0.25, 0.3) is 0 Å². The third kappa shape index (κ3) is 3.11. The molecule has 0 fully saturated rings. The lowest BCUT2D eigenvalue weighted by atomic mass is 10.00.